The van der Waals surface area contributed by atoms with Crippen LogP contribution in [0.1, 0.15) is 32.7 Å². The molecule has 2 heterocycles. The van der Waals surface area contributed by atoms with E-state index in [2.05, 4.69) is 4.98 Å². The lowest BCUT2D eigenvalue weighted by molar-refractivity contribution is 0.0689. The van der Waals surface area contributed by atoms with Gasteiger partial charge in [0, 0.05) is 31.9 Å². The maximum absolute atomic E-state index is 13.5. The number of benzene rings is 2. The number of nitrogens with zero attached hydrogens (tertiary/aromatic N) is 4. The number of hydrogen-bond donors (Lipinski definition) is 0. The Morgan fingerprint density at radius 1 is 0.939 bits per heavy atom. The summed E-state index contributed by atoms with van der Waals surface area (Å²) in [7, 11) is -3.68. The molecule has 1 aliphatic heterocycles. The summed E-state index contributed by atoms with van der Waals surface area (Å²) in [4.78, 5) is 19.2. The highest BCUT2D eigenvalue weighted by atomic mass is 32.2. The highest BCUT2D eigenvalue weighted by Gasteiger charge is 2.33. The van der Waals surface area contributed by atoms with Crippen LogP contribution >= 0.6 is 0 Å². The van der Waals surface area contributed by atoms with Crippen LogP contribution in [0.25, 0.3) is 5.69 Å². The number of amides is 1. The van der Waals surface area contributed by atoms with Crippen LogP contribution in [0.3, 0.4) is 0 Å². The van der Waals surface area contributed by atoms with Crippen molar-refractivity contribution in [1.82, 2.24) is 18.8 Å². The minimum atomic E-state index is -3.68. The quantitative estimate of drug-likeness (QED) is 0.586. The normalized spacial score (nSPS) is 15.1. The molecule has 7 nitrogen and oxygen atoms in total. The summed E-state index contributed by atoms with van der Waals surface area (Å²) >= 11 is 0. The standard InChI is InChI=1S/C24H27FN4O3S/c1-16-13-17(2)19(4)23(18(16)3)33(31,32)28-11-9-27(10-12-28)24(30)22-14-26-15-29(22)21-7-5-20(25)6-8-21/h5-8,13-15H,9-12H2,1-4H3. The van der Waals surface area contributed by atoms with Gasteiger partial charge in [-0.25, -0.2) is 17.8 Å². The summed E-state index contributed by atoms with van der Waals surface area (Å²) in [5.41, 5.74) is 4.39. The Labute approximate surface area is 193 Å². The molecule has 0 bridgehead atoms. The summed E-state index contributed by atoms with van der Waals surface area (Å²) in [6, 6.07) is 7.80. The predicted molar refractivity (Wildman–Crippen MR) is 124 cm³/mol. The lowest BCUT2D eigenvalue weighted by Gasteiger charge is -2.34. The van der Waals surface area contributed by atoms with Crippen LogP contribution in [0.5, 0.6) is 0 Å². The maximum Gasteiger partial charge on any atom is 0.272 e. The first-order valence-corrected chi connectivity index (χ1v) is 12.2. The first-order valence-electron chi connectivity index (χ1n) is 10.8. The molecule has 1 aromatic heterocycles. The number of aryl methyl sites for hydroxylation is 2. The Morgan fingerprint density at radius 3 is 2.09 bits per heavy atom. The van der Waals surface area contributed by atoms with Gasteiger partial charge in [-0.15, -0.1) is 0 Å². The third-order valence-corrected chi connectivity index (χ3v) is 8.56. The molecular formula is C24H27FN4O3S. The molecule has 0 N–H and O–H groups in total. The number of halogens is 1. The van der Waals surface area contributed by atoms with E-state index in [1.165, 1.54) is 29.0 Å². The average molecular weight is 471 g/mol. The topological polar surface area (TPSA) is 75.5 Å². The molecule has 0 unspecified atom stereocenters. The second kappa shape index (κ2) is 8.72. The second-order valence-electron chi connectivity index (χ2n) is 8.41. The Kier molecular flexibility index (Phi) is 6.11. The molecule has 0 saturated carbocycles. The molecular weight excluding hydrogens is 443 g/mol. The smallest absolute Gasteiger partial charge is 0.272 e. The van der Waals surface area contributed by atoms with Crippen molar-refractivity contribution in [2.45, 2.75) is 32.6 Å². The molecule has 1 saturated heterocycles. The molecule has 9 heteroatoms. The van der Waals surface area contributed by atoms with Crippen molar-refractivity contribution in [2.24, 2.45) is 0 Å². The van der Waals surface area contributed by atoms with E-state index in [9.17, 15) is 17.6 Å². The van der Waals surface area contributed by atoms with Crippen LogP contribution in [0.15, 0.2) is 47.8 Å². The zero-order chi connectivity index (χ0) is 23.9. The number of hydrogen-bond acceptors (Lipinski definition) is 4. The van der Waals surface area contributed by atoms with Gasteiger partial charge in [-0.05, 0) is 74.2 Å². The van der Waals surface area contributed by atoms with Gasteiger partial charge in [0.2, 0.25) is 10.0 Å². The van der Waals surface area contributed by atoms with Gasteiger partial charge in [0.15, 0.2) is 0 Å². The van der Waals surface area contributed by atoms with Crippen molar-refractivity contribution >= 4 is 15.9 Å². The number of aromatic nitrogens is 2. The SMILES string of the molecule is Cc1cc(C)c(C)c(S(=O)(=O)N2CCN(C(=O)c3cncn3-c3ccc(F)cc3)CC2)c1C. The third-order valence-electron chi connectivity index (χ3n) is 6.38. The predicted octanol–water partition coefficient (Wildman–Crippen LogP) is 3.39. The van der Waals surface area contributed by atoms with Crippen LogP contribution in [0, 0.1) is 33.5 Å². The summed E-state index contributed by atoms with van der Waals surface area (Å²) in [5.74, 6) is -0.606. The third kappa shape index (κ3) is 4.18. The molecule has 1 fully saturated rings. The fraction of sp³-hybridized carbons (Fsp3) is 0.333. The monoisotopic (exact) mass is 470 g/mol. The number of sulfonamides is 1. The molecule has 4 rings (SSSR count). The summed E-state index contributed by atoms with van der Waals surface area (Å²) in [5, 5.41) is 0. The van der Waals surface area contributed by atoms with Gasteiger partial charge in [-0.1, -0.05) is 6.07 Å². The van der Waals surface area contributed by atoms with E-state index < -0.39 is 10.0 Å². The van der Waals surface area contributed by atoms with Crippen LogP contribution < -0.4 is 0 Å². The van der Waals surface area contributed by atoms with E-state index in [4.69, 9.17) is 0 Å². The molecule has 0 aliphatic carbocycles. The van der Waals surface area contributed by atoms with Gasteiger partial charge in [0.05, 0.1) is 17.4 Å². The maximum atomic E-state index is 13.5. The molecule has 3 aromatic rings. The zero-order valence-electron chi connectivity index (χ0n) is 19.2. The van der Waals surface area contributed by atoms with Gasteiger partial charge in [0.25, 0.3) is 5.91 Å². The number of carbonyl (C=O) groups excluding carboxylic acids is 1. The van der Waals surface area contributed by atoms with E-state index in [1.54, 1.807) is 21.6 Å². The lowest BCUT2D eigenvalue weighted by atomic mass is 10.0. The summed E-state index contributed by atoms with van der Waals surface area (Å²) in [6.07, 6.45) is 2.98. The number of imidazole rings is 1. The fourth-order valence-electron chi connectivity index (χ4n) is 4.25. The molecule has 0 radical (unpaired) electrons. The van der Waals surface area contributed by atoms with Gasteiger partial charge >= 0.3 is 0 Å². The largest absolute Gasteiger partial charge is 0.335 e. The van der Waals surface area contributed by atoms with Crippen molar-refractivity contribution in [3.63, 3.8) is 0 Å². The molecule has 1 amide bonds. The van der Waals surface area contributed by atoms with Gasteiger partial charge < -0.3 is 4.90 Å². The number of rotatable bonds is 4. The van der Waals surface area contributed by atoms with Crippen LogP contribution in [0.4, 0.5) is 4.39 Å². The lowest BCUT2D eigenvalue weighted by Crippen LogP contribution is -2.51. The van der Waals surface area contributed by atoms with Crippen molar-refractivity contribution in [3.05, 3.63) is 76.6 Å². The van der Waals surface area contributed by atoms with Crippen molar-refractivity contribution < 1.29 is 17.6 Å². The highest BCUT2D eigenvalue weighted by molar-refractivity contribution is 7.89. The number of carbonyl (C=O) groups is 1. The molecule has 2 aromatic carbocycles. The fourth-order valence-corrected chi connectivity index (χ4v) is 6.25. The van der Waals surface area contributed by atoms with E-state index in [-0.39, 0.29) is 37.9 Å². The molecule has 1 aliphatic rings. The van der Waals surface area contributed by atoms with E-state index in [0.717, 1.165) is 22.3 Å². The van der Waals surface area contributed by atoms with Crippen LogP contribution in [0.2, 0.25) is 0 Å². The van der Waals surface area contributed by atoms with Crippen LogP contribution in [-0.4, -0.2) is 59.3 Å². The van der Waals surface area contributed by atoms with Gasteiger partial charge in [0.1, 0.15) is 11.5 Å². The highest BCUT2D eigenvalue weighted by Crippen LogP contribution is 2.29. The molecule has 0 atom stereocenters. The Hall–Kier alpha value is -3.04. The van der Waals surface area contributed by atoms with Crippen molar-refractivity contribution in [3.8, 4) is 5.69 Å². The first-order chi connectivity index (χ1) is 15.6. The van der Waals surface area contributed by atoms with Crippen LogP contribution in [-0.2, 0) is 10.0 Å². The average Bonchev–Trinajstić information content (AvgIpc) is 3.28. The van der Waals surface area contributed by atoms with E-state index >= 15 is 0 Å². The molecule has 174 valence electrons. The molecule has 0 spiro atoms. The summed E-state index contributed by atoms with van der Waals surface area (Å²) in [6.45, 7) is 8.49. The Bertz CT molecular complexity index is 1280. The van der Waals surface area contributed by atoms with Gasteiger partial charge in [-0.2, -0.15) is 4.31 Å². The molecule has 33 heavy (non-hydrogen) atoms. The van der Waals surface area contributed by atoms with Crippen molar-refractivity contribution in [1.29, 1.82) is 0 Å². The Balaban J connectivity index is 1.53. The van der Waals surface area contributed by atoms with Crippen molar-refractivity contribution in [2.75, 3.05) is 26.2 Å². The minimum Gasteiger partial charge on any atom is -0.335 e. The van der Waals surface area contributed by atoms with E-state index in [0.29, 0.717) is 16.3 Å². The van der Waals surface area contributed by atoms with Gasteiger partial charge in [-0.3, -0.25) is 9.36 Å². The van der Waals surface area contributed by atoms with E-state index in [1.807, 2.05) is 33.8 Å². The second-order valence-corrected chi connectivity index (χ2v) is 10.3. The first kappa shape index (κ1) is 23.1. The minimum absolute atomic E-state index is 0.213. The summed E-state index contributed by atoms with van der Waals surface area (Å²) < 4.78 is 43.3. The number of piperazine rings is 1. The zero-order valence-corrected chi connectivity index (χ0v) is 20.0. The Morgan fingerprint density at radius 2 is 1.52 bits per heavy atom.